The first-order valence-corrected chi connectivity index (χ1v) is 7.41. The van der Waals surface area contributed by atoms with Crippen molar-refractivity contribution < 1.29 is 9.18 Å². The Hall–Kier alpha value is -2.04. The number of halogens is 2. The molecule has 2 nitrogen and oxygen atoms in total. The third kappa shape index (κ3) is 2.86. The summed E-state index contributed by atoms with van der Waals surface area (Å²) in [5.41, 5.74) is 1.89. The Morgan fingerprint density at radius 1 is 1.14 bits per heavy atom. The topological polar surface area (TPSA) is 30.0 Å². The lowest BCUT2D eigenvalue weighted by Gasteiger charge is -1.99. The lowest BCUT2D eigenvalue weighted by molar-refractivity contribution is 0.103. The Balaban J connectivity index is 1.93. The largest absolute Gasteiger partial charge is 0.286 e. The van der Waals surface area contributed by atoms with E-state index in [2.05, 4.69) is 4.98 Å². The van der Waals surface area contributed by atoms with Crippen molar-refractivity contribution in [1.29, 1.82) is 0 Å². The number of nitrogens with zero attached hydrogens (tertiary/aromatic N) is 1. The van der Waals surface area contributed by atoms with Crippen LogP contribution in [0.2, 0.25) is 5.02 Å². The molecule has 5 heteroatoms. The monoisotopic (exact) mass is 317 g/mol. The molecule has 0 aliphatic rings. The number of carbonyl (C=O) groups excluding carboxylic acids is 1. The number of hydrogen-bond donors (Lipinski definition) is 0. The van der Waals surface area contributed by atoms with Crippen LogP contribution in [0, 0.1) is 5.82 Å². The molecule has 0 fully saturated rings. The van der Waals surface area contributed by atoms with E-state index in [1.54, 1.807) is 23.6 Å². The third-order valence-corrected chi connectivity index (χ3v) is 4.08. The summed E-state index contributed by atoms with van der Waals surface area (Å²) in [6, 6.07) is 13.3. The van der Waals surface area contributed by atoms with Crippen molar-refractivity contribution in [3.05, 3.63) is 75.3 Å². The second-order valence-electron chi connectivity index (χ2n) is 4.36. The fraction of sp³-hybridized carbons (Fsp3) is 0. The van der Waals surface area contributed by atoms with Crippen LogP contribution in [0.15, 0.2) is 53.9 Å². The lowest BCUT2D eigenvalue weighted by Crippen LogP contribution is -2.00. The average Bonchev–Trinajstić information content (AvgIpc) is 3.00. The molecule has 2 aromatic carbocycles. The van der Waals surface area contributed by atoms with Crippen molar-refractivity contribution in [2.45, 2.75) is 0 Å². The van der Waals surface area contributed by atoms with Crippen LogP contribution in [0.4, 0.5) is 4.39 Å². The zero-order valence-corrected chi connectivity index (χ0v) is 12.3. The summed E-state index contributed by atoms with van der Waals surface area (Å²) in [6.07, 6.45) is 0. The average molecular weight is 318 g/mol. The predicted molar refractivity (Wildman–Crippen MR) is 82.4 cm³/mol. The SMILES string of the molecule is O=C(c1ccccc1)c1nc(-c2ccc(F)c(Cl)c2)cs1. The molecule has 0 saturated carbocycles. The van der Waals surface area contributed by atoms with Gasteiger partial charge in [0.2, 0.25) is 5.78 Å². The number of aromatic nitrogens is 1. The van der Waals surface area contributed by atoms with E-state index in [0.29, 0.717) is 21.8 Å². The Morgan fingerprint density at radius 2 is 1.90 bits per heavy atom. The Bertz CT molecular complexity index is 801. The molecule has 1 heterocycles. The van der Waals surface area contributed by atoms with Crippen LogP contribution in [-0.4, -0.2) is 10.8 Å². The molecule has 21 heavy (non-hydrogen) atoms. The molecule has 1 aromatic heterocycles. The molecule has 3 aromatic rings. The molecule has 0 spiro atoms. The molecule has 0 atom stereocenters. The van der Waals surface area contributed by atoms with Gasteiger partial charge in [-0.25, -0.2) is 9.37 Å². The van der Waals surface area contributed by atoms with Gasteiger partial charge in [0, 0.05) is 16.5 Å². The van der Waals surface area contributed by atoms with E-state index in [4.69, 9.17) is 11.6 Å². The molecule has 0 aliphatic heterocycles. The fourth-order valence-corrected chi connectivity index (χ4v) is 2.85. The summed E-state index contributed by atoms with van der Waals surface area (Å²) in [7, 11) is 0. The quantitative estimate of drug-likeness (QED) is 0.647. The van der Waals surface area contributed by atoms with Crippen LogP contribution < -0.4 is 0 Å². The number of hydrogen-bond acceptors (Lipinski definition) is 3. The van der Waals surface area contributed by atoms with Crippen molar-refractivity contribution in [2.24, 2.45) is 0 Å². The van der Waals surface area contributed by atoms with Crippen molar-refractivity contribution in [2.75, 3.05) is 0 Å². The van der Waals surface area contributed by atoms with Gasteiger partial charge < -0.3 is 0 Å². The molecule has 0 radical (unpaired) electrons. The van der Waals surface area contributed by atoms with Gasteiger partial charge in [-0.3, -0.25) is 4.79 Å². The molecule has 3 rings (SSSR count). The summed E-state index contributed by atoms with van der Waals surface area (Å²) in [5, 5.41) is 2.20. The highest BCUT2D eigenvalue weighted by Crippen LogP contribution is 2.27. The van der Waals surface area contributed by atoms with E-state index < -0.39 is 5.82 Å². The van der Waals surface area contributed by atoms with Crippen molar-refractivity contribution in [3.8, 4) is 11.3 Å². The van der Waals surface area contributed by atoms with Gasteiger partial charge in [-0.1, -0.05) is 41.9 Å². The minimum Gasteiger partial charge on any atom is -0.286 e. The van der Waals surface area contributed by atoms with E-state index in [9.17, 15) is 9.18 Å². The van der Waals surface area contributed by atoms with Gasteiger partial charge in [0.05, 0.1) is 10.7 Å². The molecule has 104 valence electrons. The molecule has 0 amide bonds. The summed E-state index contributed by atoms with van der Waals surface area (Å²) < 4.78 is 13.2. The van der Waals surface area contributed by atoms with Crippen LogP contribution in [0.5, 0.6) is 0 Å². The zero-order chi connectivity index (χ0) is 14.8. The second-order valence-corrected chi connectivity index (χ2v) is 5.63. The molecule has 0 aliphatic carbocycles. The van der Waals surface area contributed by atoms with Crippen LogP contribution in [0.1, 0.15) is 15.4 Å². The fourth-order valence-electron chi connectivity index (χ4n) is 1.88. The van der Waals surface area contributed by atoms with Crippen LogP contribution in [-0.2, 0) is 0 Å². The smallest absolute Gasteiger partial charge is 0.221 e. The summed E-state index contributed by atoms with van der Waals surface area (Å²) >= 11 is 7.02. The third-order valence-electron chi connectivity index (χ3n) is 2.95. The Labute approximate surface area is 129 Å². The molecule has 0 N–H and O–H groups in total. The Kier molecular flexibility index (Phi) is 3.82. The standard InChI is InChI=1S/C16H9ClFNOS/c17-12-8-11(6-7-13(12)18)14-9-21-16(19-14)15(20)10-4-2-1-3-5-10/h1-9H. The molecule has 0 bridgehead atoms. The first kappa shape index (κ1) is 13.9. The second kappa shape index (κ2) is 5.76. The zero-order valence-electron chi connectivity index (χ0n) is 10.7. The van der Waals surface area contributed by atoms with Gasteiger partial charge in [0.1, 0.15) is 5.82 Å². The van der Waals surface area contributed by atoms with Crippen molar-refractivity contribution in [3.63, 3.8) is 0 Å². The van der Waals surface area contributed by atoms with Gasteiger partial charge in [-0.2, -0.15) is 0 Å². The summed E-state index contributed by atoms with van der Waals surface area (Å²) in [5.74, 6) is -0.601. The molecule has 0 saturated heterocycles. The van der Waals surface area contributed by atoms with E-state index >= 15 is 0 Å². The van der Waals surface area contributed by atoms with Gasteiger partial charge in [0.15, 0.2) is 5.01 Å². The van der Waals surface area contributed by atoms with Crippen LogP contribution in [0.25, 0.3) is 11.3 Å². The number of ketones is 1. The normalized spacial score (nSPS) is 10.6. The van der Waals surface area contributed by atoms with E-state index in [0.717, 1.165) is 0 Å². The van der Waals surface area contributed by atoms with Crippen molar-refractivity contribution >= 4 is 28.7 Å². The van der Waals surface area contributed by atoms with Crippen LogP contribution >= 0.6 is 22.9 Å². The van der Waals surface area contributed by atoms with Crippen LogP contribution in [0.3, 0.4) is 0 Å². The first-order valence-electron chi connectivity index (χ1n) is 6.16. The maximum atomic E-state index is 13.2. The minimum atomic E-state index is -0.476. The molecule has 0 unspecified atom stereocenters. The van der Waals surface area contributed by atoms with E-state index in [1.807, 2.05) is 18.2 Å². The highest BCUT2D eigenvalue weighted by molar-refractivity contribution is 7.12. The summed E-state index contributed by atoms with van der Waals surface area (Å²) in [6.45, 7) is 0. The van der Waals surface area contributed by atoms with Gasteiger partial charge >= 0.3 is 0 Å². The lowest BCUT2D eigenvalue weighted by atomic mass is 10.1. The maximum Gasteiger partial charge on any atom is 0.221 e. The Morgan fingerprint density at radius 3 is 2.62 bits per heavy atom. The highest BCUT2D eigenvalue weighted by atomic mass is 35.5. The van der Waals surface area contributed by atoms with E-state index in [-0.39, 0.29) is 10.8 Å². The number of rotatable bonds is 3. The first-order chi connectivity index (χ1) is 10.1. The number of thiazole rings is 1. The predicted octanol–water partition coefficient (Wildman–Crippen LogP) is 4.83. The number of benzene rings is 2. The maximum absolute atomic E-state index is 13.2. The molecular weight excluding hydrogens is 309 g/mol. The van der Waals surface area contributed by atoms with Gasteiger partial charge in [-0.15, -0.1) is 11.3 Å². The number of carbonyl (C=O) groups is 1. The minimum absolute atomic E-state index is 0.0384. The van der Waals surface area contributed by atoms with E-state index in [1.165, 1.54) is 23.5 Å². The molecular formula is C16H9ClFNOS. The van der Waals surface area contributed by atoms with Gasteiger partial charge in [0.25, 0.3) is 0 Å². The summed E-state index contributed by atoms with van der Waals surface area (Å²) in [4.78, 5) is 16.6. The van der Waals surface area contributed by atoms with Crippen molar-refractivity contribution in [1.82, 2.24) is 4.98 Å². The highest BCUT2D eigenvalue weighted by Gasteiger charge is 2.14. The van der Waals surface area contributed by atoms with Gasteiger partial charge in [-0.05, 0) is 18.2 Å².